The third-order valence-corrected chi connectivity index (χ3v) is 4.95. The van der Waals surface area contributed by atoms with Gasteiger partial charge in [0.2, 0.25) is 5.91 Å². The molecular weight excluding hydrogens is 358 g/mol. The topological polar surface area (TPSA) is 62.5 Å². The first-order chi connectivity index (χ1) is 13.2. The molecule has 1 aromatic carbocycles. The van der Waals surface area contributed by atoms with E-state index in [0.717, 1.165) is 30.2 Å². The van der Waals surface area contributed by atoms with Crippen molar-refractivity contribution in [2.24, 2.45) is 0 Å². The van der Waals surface area contributed by atoms with E-state index in [1.54, 1.807) is 11.8 Å². The number of rotatable bonds is 9. The number of nitrogens with zero attached hydrogens (tertiary/aromatic N) is 4. The fraction of sp³-hybridized carbons (Fsp3) is 0.350. The quantitative estimate of drug-likeness (QED) is 0.616. The van der Waals surface area contributed by atoms with Gasteiger partial charge in [0.05, 0.1) is 12.6 Å². The van der Waals surface area contributed by atoms with E-state index in [9.17, 15) is 4.79 Å². The summed E-state index contributed by atoms with van der Waals surface area (Å²) in [5.41, 5.74) is 1.98. The van der Waals surface area contributed by atoms with Crippen LogP contribution in [-0.4, -0.2) is 51.0 Å². The average Bonchev–Trinajstić information content (AvgIpc) is 3.10. The summed E-state index contributed by atoms with van der Waals surface area (Å²) in [6, 6.07) is 15.8. The standard InChI is InChI=1S/C20H25N5OS/c1-24(14-16-8-4-3-5-9-16)15-19(26)21-17(11-13-27-2)20-23-22-18-10-6-7-12-25(18)20/h3-10,12,17H,11,13-15H2,1-2H3,(H,21,26). The highest BCUT2D eigenvalue weighted by molar-refractivity contribution is 7.98. The van der Waals surface area contributed by atoms with Crippen LogP contribution >= 0.6 is 11.8 Å². The Labute approximate surface area is 164 Å². The van der Waals surface area contributed by atoms with E-state index in [1.807, 2.05) is 58.9 Å². The van der Waals surface area contributed by atoms with Crippen molar-refractivity contribution < 1.29 is 4.79 Å². The van der Waals surface area contributed by atoms with Gasteiger partial charge in [-0.3, -0.25) is 14.1 Å². The van der Waals surface area contributed by atoms with Gasteiger partial charge in [0.25, 0.3) is 0 Å². The summed E-state index contributed by atoms with van der Waals surface area (Å²) in [5, 5.41) is 11.7. The van der Waals surface area contributed by atoms with E-state index in [2.05, 4.69) is 33.9 Å². The molecule has 0 bridgehead atoms. The highest BCUT2D eigenvalue weighted by atomic mass is 32.2. The number of thioether (sulfide) groups is 1. The first-order valence-corrected chi connectivity index (χ1v) is 10.4. The highest BCUT2D eigenvalue weighted by Crippen LogP contribution is 2.18. The molecule has 0 radical (unpaired) electrons. The number of hydrogen-bond donors (Lipinski definition) is 1. The Kier molecular flexibility index (Phi) is 6.84. The normalized spacial score (nSPS) is 12.4. The van der Waals surface area contributed by atoms with Gasteiger partial charge in [0, 0.05) is 12.7 Å². The molecule has 1 unspecified atom stereocenters. The summed E-state index contributed by atoms with van der Waals surface area (Å²) in [4.78, 5) is 14.6. The number of carbonyl (C=O) groups is 1. The van der Waals surface area contributed by atoms with Crippen LogP contribution in [0.25, 0.3) is 5.65 Å². The molecule has 0 aliphatic rings. The number of fused-ring (bicyclic) bond motifs is 1. The van der Waals surface area contributed by atoms with E-state index in [-0.39, 0.29) is 11.9 Å². The van der Waals surface area contributed by atoms with Gasteiger partial charge in [0.1, 0.15) is 0 Å². The third kappa shape index (κ3) is 5.30. The summed E-state index contributed by atoms with van der Waals surface area (Å²) in [6.07, 6.45) is 4.81. The second kappa shape index (κ2) is 9.53. The van der Waals surface area contributed by atoms with Gasteiger partial charge in [0.15, 0.2) is 11.5 Å². The van der Waals surface area contributed by atoms with E-state index < -0.39 is 0 Å². The zero-order chi connectivity index (χ0) is 19.1. The predicted molar refractivity (Wildman–Crippen MR) is 110 cm³/mol. The molecule has 0 saturated heterocycles. The number of nitrogens with one attached hydrogen (secondary N) is 1. The molecule has 1 atom stereocenters. The molecule has 0 fully saturated rings. The summed E-state index contributed by atoms with van der Waals surface area (Å²) in [7, 11) is 1.95. The molecule has 142 valence electrons. The lowest BCUT2D eigenvalue weighted by Gasteiger charge is -2.20. The molecule has 27 heavy (non-hydrogen) atoms. The van der Waals surface area contributed by atoms with Crippen LogP contribution in [0.2, 0.25) is 0 Å². The van der Waals surface area contributed by atoms with E-state index in [4.69, 9.17) is 0 Å². The maximum Gasteiger partial charge on any atom is 0.234 e. The van der Waals surface area contributed by atoms with E-state index in [0.29, 0.717) is 6.54 Å². The first kappa shape index (κ1) is 19.4. The number of hydrogen-bond acceptors (Lipinski definition) is 5. The number of amides is 1. The average molecular weight is 384 g/mol. The lowest BCUT2D eigenvalue weighted by molar-refractivity contribution is -0.122. The summed E-state index contributed by atoms with van der Waals surface area (Å²) >= 11 is 1.76. The number of aromatic nitrogens is 3. The van der Waals surface area contributed by atoms with Crippen LogP contribution in [0.5, 0.6) is 0 Å². The van der Waals surface area contributed by atoms with Gasteiger partial charge < -0.3 is 5.32 Å². The Morgan fingerprint density at radius 2 is 1.96 bits per heavy atom. The Morgan fingerprint density at radius 3 is 2.74 bits per heavy atom. The predicted octanol–water partition coefficient (Wildman–Crippen LogP) is 2.77. The minimum absolute atomic E-state index is 0.00721. The molecule has 7 heteroatoms. The van der Waals surface area contributed by atoms with Gasteiger partial charge >= 0.3 is 0 Å². The Balaban J connectivity index is 1.66. The molecule has 2 heterocycles. The van der Waals surface area contributed by atoms with Gasteiger partial charge in [-0.05, 0) is 43.2 Å². The van der Waals surface area contributed by atoms with Gasteiger partial charge in [-0.25, -0.2) is 0 Å². The second-order valence-corrected chi connectivity index (χ2v) is 7.53. The van der Waals surface area contributed by atoms with Crippen molar-refractivity contribution in [3.63, 3.8) is 0 Å². The van der Waals surface area contributed by atoms with Crippen molar-refractivity contribution in [3.05, 3.63) is 66.1 Å². The van der Waals surface area contributed by atoms with Crippen LogP contribution in [0, 0.1) is 0 Å². The zero-order valence-electron chi connectivity index (χ0n) is 15.7. The van der Waals surface area contributed by atoms with Crippen molar-refractivity contribution in [1.82, 2.24) is 24.8 Å². The first-order valence-electron chi connectivity index (χ1n) is 8.98. The van der Waals surface area contributed by atoms with Gasteiger partial charge in [-0.2, -0.15) is 11.8 Å². The van der Waals surface area contributed by atoms with E-state index in [1.165, 1.54) is 5.56 Å². The van der Waals surface area contributed by atoms with Crippen molar-refractivity contribution in [1.29, 1.82) is 0 Å². The molecule has 3 rings (SSSR count). The zero-order valence-corrected chi connectivity index (χ0v) is 16.5. The molecule has 1 amide bonds. The van der Waals surface area contributed by atoms with Crippen molar-refractivity contribution in [3.8, 4) is 0 Å². The number of likely N-dealkylation sites (N-methyl/N-ethyl adjacent to an activating group) is 1. The maximum absolute atomic E-state index is 12.6. The second-order valence-electron chi connectivity index (χ2n) is 6.55. The lowest BCUT2D eigenvalue weighted by Crippen LogP contribution is -2.38. The fourth-order valence-electron chi connectivity index (χ4n) is 3.04. The maximum atomic E-state index is 12.6. The molecule has 1 N–H and O–H groups in total. The molecule has 2 aromatic heterocycles. The molecule has 0 saturated carbocycles. The van der Waals surface area contributed by atoms with Crippen LogP contribution < -0.4 is 5.32 Å². The summed E-state index contributed by atoms with van der Waals surface area (Å²) in [5.74, 6) is 1.71. The monoisotopic (exact) mass is 383 g/mol. The van der Waals surface area contributed by atoms with Crippen LogP contribution in [0.15, 0.2) is 54.7 Å². The Hall–Kier alpha value is -2.38. The minimum Gasteiger partial charge on any atom is -0.345 e. The van der Waals surface area contributed by atoms with Crippen LogP contribution in [0.3, 0.4) is 0 Å². The fourth-order valence-corrected chi connectivity index (χ4v) is 3.51. The van der Waals surface area contributed by atoms with Gasteiger partial charge in [-0.1, -0.05) is 36.4 Å². The van der Waals surface area contributed by atoms with Gasteiger partial charge in [-0.15, -0.1) is 10.2 Å². The molecule has 3 aromatic rings. The molecule has 0 aliphatic heterocycles. The lowest BCUT2D eigenvalue weighted by atomic mass is 10.2. The number of pyridine rings is 1. The van der Waals surface area contributed by atoms with Crippen molar-refractivity contribution >= 4 is 23.3 Å². The Morgan fingerprint density at radius 1 is 1.19 bits per heavy atom. The molecule has 0 spiro atoms. The number of benzene rings is 1. The summed E-state index contributed by atoms with van der Waals surface area (Å²) in [6.45, 7) is 1.07. The summed E-state index contributed by atoms with van der Waals surface area (Å²) < 4.78 is 1.94. The third-order valence-electron chi connectivity index (χ3n) is 4.31. The molecule has 6 nitrogen and oxygen atoms in total. The smallest absolute Gasteiger partial charge is 0.234 e. The van der Waals surface area contributed by atoms with E-state index >= 15 is 0 Å². The SMILES string of the molecule is CSCCC(NC(=O)CN(C)Cc1ccccc1)c1nnc2ccccn12. The van der Waals surface area contributed by atoms with Crippen molar-refractivity contribution in [2.75, 3.05) is 25.6 Å². The largest absolute Gasteiger partial charge is 0.345 e. The van der Waals surface area contributed by atoms with Crippen LogP contribution in [-0.2, 0) is 11.3 Å². The highest BCUT2D eigenvalue weighted by Gasteiger charge is 2.20. The van der Waals surface area contributed by atoms with Crippen LogP contribution in [0.1, 0.15) is 23.9 Å². The van der Waals surface area contributed by atoms with Crippen molar-refractivity contribution in [2.45, 2.75) is 19.0 Å². The minimum atomic E-state index is -0.160. The molecular formula is C20H25N5OS. The Bertz CT molecular complexity index is 867. The molecule has 0 aliphatic carbocycles. The number of carbonyl (C=O) groups excluding carboxylic acids is 1. The van der Waals surface area contributed by atoms with Crippen LogP contribution in [0.4, 0.5) is 0 Å².